The molecule has 1 amide bonds. The Kier molecular flexibility index (Phi) is 7.57. The number of benzene rings is 1. The minimum absolute atomic E-state index is 0.197. The molecule has 29 heavy (non-hydrogen) atoms. The molecule has 0 saturated carbocycles. The number of aromatic nitrogens is 3. The number of carbonyl (C=O) groups excluding carboxylic acids is 1. The molecule has 2 heterocycles. The zero-order valence-electron chi connectivity index (χ0n) is 16.2. The van der Waals surface area contributed by atoms with E-state index in [1.807, 2.05) is 28.8 Å². The molecule has 9 heteroatoms. The zero-order chi connectivity index (χ0) is 20.5. The summed E-state index contributed by atoms with van der Waals surface area (Å²) in [5, 5.41) is 9.11. The Hall–Kier alpha value is -2.94. The first-order valence-electron chi connectivity index (χ1n) is 9.41. The lowest BCUT2D eigenvalue weighted by Crippen LogP contribution is -2.15. The van der Waals surface area contributed by atoms with Gasteiger partial charge in [-0.3, -0.25) is 9.36 Å². The predicted molar refractivity (Wildman–Crippen MR) is 110 cm³/mol. The fraction of sp³-hybridized carbons (Fsp3) is 0.350. The van der Waals surface area contributed by atoms with E-state index in [0.29, 0.717) is 42.3 Å². The first kappa shape index (κ1) is 20.8. The van der Waals surface area contributed by atoms with Gasteiger partial charge in [-0.05, 0) is 42.8 Å². The van der Waals surface area contributed by atoms with Crippen molar-refractivity contribution in [3.8, 4) is 23.1 Å². The molecular formula is C20H24N4O4S. The molecule has 0 aliphatic carbocycles. The molecule has 0 unspecified atom stereocenters. The van der Waals surface area contributed by atoms with Gasteiger partial charge in [-0.25, -0.2) is 0 Å². The lowest BCUT2D eigenvalue weighted by Gasteiger charge is -2.09. The summed E-state index contributed by atoms with van der Waals surface area (Å²) < 4.78 is 18.6. The van der Waals surface area contributed by atoms with Crippen LogP contribution in [0.4, 0.5) is 0 Å². The standard InChI is InChI=1S/C20H24N4O4S/c1-2-11-26-15-5-7-16(8-6-15)27-13-14-29-20-23-22-19(17-4-3-12-28-17)24(20)10-9-18(21)25/h3-8,12H,2,9-11,13-14H2,1H3,(H2,21,25). The number of hydrogen-bond donors (Lipinski definition) is 1. The van der Waals surface area contributed by atoms with Crippen molar-refractivity contribution < 1.29 is 18.7 Å². The van der Waals surface area contributed by atoms with E-state index in [1.54, 1.807) is 18.4 Å². The molecule has 3 rings (SSSR count). The molecule has 2 N–H and O–H groups in total. The largest absolute Gasteiger partial charge is 0.494 e. The van der Waals surface area contributed by atoms with E-state index < -0.39 is 0 Å². The van der Waals surface area contributed by atoms with Crippen LogP contribution in [0.25, 0.3) is 11.6 Å². The number of thioether (sulfide) groups is 1. The number of nitrogens with two attached hydrogens (primary N) is 1. The Balaban J connectivity index is 1.55. The zero-order valence-corrected chi connectivity index (χ0v) is 17.1. The molecule has 0 aliphatic rings. The number of nitrogens with zero attached hydrogens (tertiary/aromatic N) is 3. The lowest BCUT2D eigenvalue weighted by atomic mass is 10.3. The molecule has 0 saturated heterocycles. The third kappa shape index (κ3) is 6.02. The van der Waals surface area contributed by atoms with Crippen LogP contribution in [0.5, 0.6) is 11.5 Å². The first-order valence-corrected chi connectivity index (χ1v) is 10.4. The number of carbonyl (C=O) groups is 1. The summed E-state index contributed by atoms with van der Waals surface area (Å²) >= 11 is 1.50. The number of primary amides is 1. The smallest absolute Gasteiger partial charge is 0.219 e. The van der Waals surface area contributed by atoms with Crippen molar-refractivity contribution in [3.05, 3.63) is 42.7 Å². The van der Waals surface area contributed by atoms with E-state index in [9.17, 15) is 4.79 Å². The monoisotopic (exact) mass is 416 g/mol. The number of ether oxygens (including phenoxy) is 2. The van der Waals surface area contributed by atoms with Gasteiger partial charge in [0.1, 0.15) is 11.5 Å². The summed E-state index contributed by atoms with van der Waals surface area (Å²) in [6, 6.07) is 11.2. The van der Waals surface area contributed by atoms with Gasteiger partial charge in [0.05, 0.1) is 19.5 Å². The summed E-state index contributed by atoms with van der Waals surface area (Å²) in [5.41, 5.74) is 5.30. The van der Waals surface area contributed by atoms with Crippen LogP contribution in [0.1, 0.15) is 19.8 Å². The number of hydrogen-bond acceptors (Lipinski definition) is 7. The highest BCUT2D eigenvalue weighted by Crippen LogP contribution is 2.25. The molecule has 0 spiro atoms. The highest BCUT2D eigenvalue weighted by Gasteiger charge is 2.16. The molecular weight excluding hydrogens is 392 g/mol. The maximum absolute atomic E-state index is 11.2. The van der Waals surface area contributed by atoms with Crippen LogP contribution in [0.3, 0.4) is 0 Å². The molecule has 0 atom stereocenters. The van der Waals surface area contributed by atoms with E-state index >= 15 is 0 Å². The lowest BCUT2D eigenvalue weighted by molar-refractivity contribution is -0.118. The second-order valence-electron chi connectivity index (χ2n) is 6.17. The van der Waals surface area contributed by atoms with Gasteiger partial charge < -0.3 is 19.6 Å². The average Bonchev–Trinajstić information content (AvgIpc) is 3.38. The molecule has 3 aromatic rings. The number of amides is 1. The predicted octanol–water partition coefficient (Wildman–Crippen LogP) is 3.37. The Morgan fingerprint density at radius 2 is 1.86 bits per heavy atom. The highest BCUT2D eigenvalue weighted by atomic mass is 32.2. The molecule has 0 aliphatic heterocycles. The fourth-order valence-electron chi connectivity index (χ4n) is 2.55. The quantitative estimate of drug-likeness (QED) is 0.356. The van der Waals surface area contributed by atoms with Crippen molar-refractivity contribution in [1.29, 1.82) is 0 Å². The normalized spacial score (nSPS) is 10.8. The summed E-state index contributed by atoms with van der Waals surface area (Å²) in [6.45, 7) is 3.66. The highest BCUT2D eigenvalue weighted by molar-refractivity contribution is 7.99. The SMILES string of the molecule is CCCOc1ccc(OCCSc2nnc(-c3ccco3)n2CCC(N)=O)cc1. The summed E-state index contributed by atoms with van der Waals surface area (Å²) in [7, 11) is 0. The van der Waals surface area contributed by atoms with Crippen LogP contribution in [0, 0.1) is 0 Å². The van der Waals surface area contributed by atoms with Crippen LogP contribution >= 0.6 is 11.8 Å². The molecule has 1 aromatic carbocycles. The van der Waals surface area contributed by atoms with Gasteiger partial charge in [0.2, 0.25) is 5.91 Å². The Morgan fingerprint density at radius 1 is 1.14 bits per heavy atom. The van der Waals surface area contributed by atoms with Gasteiger partial charge in [-0.2, -0.15) is 0 Å². The maximum Gasteiger partial charge on any atom is 0.219 e. The van der Waals surface area contributed by atoms with Gasteiger partial charge in [0.25, 0.3) is 0 Å². The van der Waals surface area contributed by atoms with Gasteiger partial charge in [-0.1, -0.05) is 18.7 Å². The van der Waals surface area contributed by atoms with Crippen molar-refractivity contribution in [2.75, 3.05) is 19.0 Å². The van der Waals surface area contributed by atoms with E-state index in [0.717, 1.165) is 17.9 Å². The number of furan rings is 1. The molecule has 154 valence electrons. The third-order valence-electron chi connectivity index (χ3n) is 3.92. The minimum Gasteiger partial charge on any atom is -0.494 e. The summed E-state index contributed by atoms with van der Waals surface area (Å²) in [4.78, 5) is 11.2. The van der Waals surface area contributed by atoms with Crippen LogP contribution in [0.2, 0.25) is 0 Å². The topological polar surface area (TPSA) is 105 Å². The molecule has 2 aromatic heterocycles. The van der Waals surface area contributed by atoms with E-state index in [1.165, 1.54) is 11.8 Å². The van der Waals surface area contributed by atoms with Crippen LogP contribution in [-0.4, -0.2) is 39.6 Å². The van der Waals surface area contributed by atoms with Gasteiger partial charge in [0.15, 0.2) is 16.7 Å². The Labute approximate surface area is 173 Å². The van der Waals surface area contributed by atoms with Crippen molar-refractivity contribution in [1.82, 2.24) is 14.8 Å². The minimum atomic E-state index is -0.380. The fourth-order valence-corrected chi connectivity index (χ4v) is 3.33. The Bertz CT molecular complexity index is 894. The molecule has 8 nitrogen and oxygen atoms in total. The van der Waals surface area contributed by atoms with Crippen molar-refractivity contribution >= 4 is 17.7 Å². The van der Waals surface area contributed by atoms with E-state index in [-0.39, 0.29) is 12.3 Å². The average molecular weight is 417 g/mol. The molecule has 0 fully saturated rings. The van der Waals surface area contributed by atoms with Gasteiger partial charge in [-0.15, -0.1) is 10.2 Å². The Morgan fingerprint density at radius 3 is 2.48 bits per heavy atom. The summed E-state index contributed by atoms with van der Waals surface area (Å²) in [6.07, 6.45) is 2.74. The molecule has 0 radical (unpaired) electrons. The van der Waals surface area contributed by atoms with Crippen molar-refractivity contribution in [3.63, 3.8) is 0 Å². The van der Waals surface area contributed by atoms with Gasteiger partial charge >= 0.3 is 0 Å². The second-order valence-corrected chi connectivity index (χ2v) is 7.23. The summed E-state index contributed by atoms with van der Waals surface area (Å²) in [5.74, 6) is 3.07. The van der Waals surface area contributed by atoms with Crippen LogP contribution in [-0.2, 0) is 11.3 Å². The van der Waals surface area contributed by atoms with Crippen molar-refractivity contribution in [2.45, 2.75) is 31.5 Å². The van der Waals surface area contributed by atoms with Gasteiger partial charge in [0, 0.05) is 18.7 Å². The van der Waals surface area contributed by atoms with Crippen molar-refractivity contribution in [2.24, 2.45) is 5.73 Å². The molecule has 0 bridgehead atoms. The van der Waals surface area contributed by atoms with E-state index in [4.69, 9.17) is 19.6 Å². The first-order chi connectivity index (χ1) is 14.2. The maximum atomic E-state index is 11.2. The number of rotatable bonds is 12. The second kappa shape index (κ2) is 10.6. The van der Waals surface area contributed by atoms with E-state index in [2.05, 4.69) is 17.1 Å². The van der Waals surface area contributed by atoms with Crippen LogP contribution < -0.4 is 15.2 Å². The third-order valence-corrected chi connectivity index (χ3v) is 4.85. The van der Waals surface area contributed by atoms with Crippen LogP contribution in [0.15, 0.2) is 52.2 Å².